The van der Waals surface area contributed by atoms with Crippen molar-refractivity contribution in [3.8, 4) is 11.4 Å². The Bertz CT molecular complexity index is 870. The number of benzene rings is 1. The van der Waals surface area contributed by atoms with Crippen molar-refractivity contribution >= 4 is 16.7 Å². The molecule has 0 unspecified atom stereocenters. The second-order valence-electron chi connectivity index (χ2n) is 7.27. The molecule has 1 saturated carbocycles. The SMILES string of the molecule is CN(C)C1CCC(Nc2nc(-c3cccnc3)nc3ccccc23)CC1. The molecule has 0 bridgehead atoms. The zero-order valence-corrected chi connectivity index (χ0v) is 15.4. The molecule has 0 atom stereocenters. The van der Waals surface area contributed by atoms with Crippen molar-refractivity contribution in [3.63, 3.8) is 0 Å². The first-order valence-electron chi connectivity index (χ1n) is 9.31. The Kier molecular flexibility index (Phi) is 4.80. The van der Waals surface area contributed by atoms with Crippen molar-refractivity contribution < 1.29 is 0 Å². The molecule has 1 fully saturated rings. The summed E-state index contributed by atoms with van der Waals surface area (Å²) < 4.78 is 0. The van der Waals surface area contributed by atoms with Gasteiger partial charge in [0.15, 0.2) is 5.82 Å². The molecule has 2 heterocycles. The lowest BCUT2D eigenvalue weighted by molar-refractivity contribution is 0.221. The second-order valence-corrected chi connectivity index (χ2v) is 7.27. The molecular formula is C21H25N5. The molecule has 1 aliphatic rings. The van der Waals surface area contributed by atoms with E-state index in [1.807, 2.05) is 36.5 Å². The van der Waals surface area contributed by atoms with E-state index in [0.717, 1.165) is 28.1 Å². The maximum atomic E-state index is 4.85. The molecule has 1 aliphatic carbocycles. The number of pyridine rings is 1. The molecule has 134 valence electrons. The van der Waals surface area contributed by atoms with Crippen molar-refractivity contribution in [1.29, 1.82) is 0 Å². The molecule has 5 nitrogen and oxygen atoms in total. The average molecular weight is 347 g/mol. The van der Waals surface area contributed by atoms with Gasteiger partial charge in [0.1, 0.15) is 5.82 Å². The molecule has 0 aliphatic heterocycles. The smallest absolute Gasteiger partial charge is 0.163 e. The van der Waals surface area contributed by atoms with Gasteiger partial charge in [-0.25, -0.2) is 9.97 Å². The number of nitrogens with one attached hydrogen (secondary N) is 1. The normalized spacial score (nSPS) is 20.4. The maximum Gasteiger partial charge on any atom is 0.163 e. The summed E-state index contributed by atoms with van der Waals surface area (Å²) in [5.74, 6) is 1.66. The molecular weight excluding hydrogens is 322 g/mol. The predicted octanol–water partition coefficient (Wildman–Crippen LogP) is 3.98. The van der Waals surface area contributed by atoms with E-state index in [9.17, 15) is 0 Å². The number of hydrogen-bond acceptors (Lipinski definition) is 5. The fourth-order valence-corrected chi connectivity index (χ4v) is 3.74. The van der Waals surface area contributed by atoms with Crippen molar-refractivity contribution in [3.05, 3.63) is 48.8 Å². The third kappa shape index (κ3) is 3.53. The highest BCUT2D eigenvalue weighted by atomic mass is 15.1. The number of hydrogen-bond donors (Lipinski definition) is 1. The van der Waals surface area contributed by atoms with E-state index >= 15 is 0 Å². The second kappa shape index (κ2) is 7.38. The Morgan fingerprint density at radius 3 is 2.50 bits per heavy atom. The molecule has 0 radical (unpaired) electrons. The van der Waals surface area contributed by atoms with E-state index < -0.39 is 0 Å². The zero-order chi connectivity index (χ0) is 17.9. The quantitative estimate of drug-likeness (QED) is 0.774. The zero-order valence-electron chi connectivity index (χ0n) is 15.4. The lowest BCUT2D eigenvalue weighted by Crippen LogP contribution is -2.36. The Balaban J connectivity index is 1.64. The van der Waals surface area contributed by atoms with Gasteiger partial charge in [-0.15, -0.1) is 0 Å². The van der Waals surface area contributed by atoms with Crippen LogP contribution < -0.4 is 5.32 Å². The van der Waals surface area contributed by atoms with Gasteiger partial charge in [0.2, 0.25) is 0 Å². The van der Waals surface area contributed by atoms with E-state index in [1.54, 1.807) is 6.20 Å². The number of fused-ring (bicyclic) bond motifs is 1. The third-order valence-corrected chi connectivity index (χ3v) is 5.29. The standard InChI is InChI=1S/C21H25N5/c1-26(2)17-11-9-16(10-12-17)23-21-18-7-3-4-8-19(18)24-20(25-21)15-6-5-13-22-14-15/h3-8,13-14,16-17H,9-12H2,1-2H3,(H,23,24,25). The van der Waals surface area contributed by atoms with Crippen LogP contribution in [0.2, 0.25) is 0 Å². The van der Waals surface area contributed by atoms with Crippen LogP contribution >= 0.6 is 0 Å². The van der Waals surface area contributed by atoms with Crippen molar-refractivity contribution in [2.75, 3.05) is 19.4 Å². The van der Waals surface area contributed by atoms with Gasteiger partial charge < -0.3 is 10.2 Å². The van der Waals surface area contributed by atoms with E-state index in [0.29, 0.717) is 12.1 Å². The van der Waals surface area contributed by atoms with Crippen molar-refractivity contribution in [2.24, 2.45) is 0 Å². The largest absolute Gasteiger partial charge is 0.367 e. The van der Waals surface area contributed by atoms with E-state index in [2.05, 4.69) is 35.4 Å². The van der Waals surface area contributed by atoms with Gasteiger partial charge in [-0.3, -0.25) is 4.98 Å². The molecule has 4 rings (SSSR count). The first-order chi connectivity index (χ1) is 12.7. The topological polar surface area (TPSA) is 53.9 Å². The monoisotopic (exact) mass is 347 g/mol. The third-order valence-electron chi connectivity index (χ3n) is 5.29. The van der Waals surface area contributed by atoms with Gasteiger partial charge in [0, 0.05) is 35.4 Å². The highest BCUT2D eigenvalue weighted by molar-refractivity contribution is 5.90. The summed E-state index contributed by atoms with van der Waals surface area (Å²) in [5, 5.41) is 4.78. The van der Waals surface area contributed by atoms with Gasteiger partial charge in [-0.1, -0.05) is 12.1 Å². The minimum atomic E-state index is 0.464. The summed E-state index contributed by atoms with van der Waals surface area (Å²) in [5.41, 5.74) is 1.91. The maximum absolute atomic E-state index is 4.85. The van der Waals surface area contributed by atoms with Crippen molar-refractivity contribution in [2.45, 2.75) is 37.8 Å². The lowest BCUT2D eigenvalue weighted by atomic mass is 9.90. The first kappa shape index (κ1) is 16.9. The summed E-state index contributed by atoms with van der Waals surface area (Å²) in [6.45, 7) is 0. The number of aromatic nitrogens is 3. The van der Waals surface area contributed by atoms with Crippen molar-refractivity contribution in [1.82, 2.24) is 19.9 Å². The predicted molar refractivity (Wildman–Crippen MR) is 106 cm³/mol. The Morgan fingerprint density at radius 1 is 0.962 bits per heavy atom. The van der Waals surface area contributed by atoms with Crippen LogP contribution in [0.15, 0.2) is 48.8 Å². The fourth-order valence-electron chi connectivity index (χ4n) is 3.74. The Morgan fingerprint density at radius 2 is 1.77 bits per heavy atom. The number of nitrogens with zero attached hydrogens (tertiary/aromatic N) is 4. The Hall–Kier alpha value is -2.53. The van der Waals surface area contributed by atoms with Crippen LogP contribution in [0, 0.1) is 0 Å². The van der Waals surface area contributed by atoms with Gasteiger partial charge in [0.25, 0.3) is 0 Å². The van der Waals surface area contributed by atoms with Gasteiger partial charge >= 0.3 is 0 Å². The molecule has 1 N–H and O–H groups in total. The molecule has 0 amide bonds. The van der Waals surface area contributed by atoms with E-state index in [-0.39, 0.29) is 0 Å². The molecule has 0 spiro atoms. The fraction of sp³-hybridized carbons (Fsp3) is 0.381. The molecule has 1 aromatic carbocycles. The highest BCUT2D eigenvalue weighted by Gasteiger charge is 2.23. The van der Waals surface area contributed by atoms with Crippen LogP contribution in [0.25, 0.3) is 22.3 Å². The lowest BCUT2D eigenvalue weighted by Gasteiger charge is -2.33. The summed E-state index contributed by atoms with van der Waals surface area (Å²) >= 11 is 0. The molecule has 26 heavy (non-hydrogen) atoms. The molecule has 5 heteroatoms. The average Bonchev–Trinajstić information content (AvgIpc) is 2.69. The van der Waals surface area contributed by atoms with E-state index in [4.69, 9.17) is 9.97 Å². The van der Waals surface area contributed by atoms with Crippen LogP contribution in [0.1, 0.15) is 25.7 Å². The molecule has 0 saturated heterocycles. The van der Waals surface area contributed by atoms with Crippen LogP contribution in [0.5, 0.6) is 0 Å². The highest BCUT2D eigenvalue weighted by Crippen LogP contribution is 2.28. The molecule has 2 aromatic heterocycles. The summed E-state index contributed by atoms with van der Waals surface area (Å²) in [4.78, 5) is 16.1. The van der Waals surface area contributed by atoms with Crippen LogP contribution in [0.4, 0.5) is 5.82 Å². The van der Waals surface area contributed by atoms with Crippen LogP contribution in [-0.2, 0) is 0 Å². The van der Waals surface area contributed by atoms with Crippen LogP contribution in [0.3, 0.4) is 0 Å². The first-order valence-corrected chi connectivity index (χ1v) is 9.31. The summed E-state index contributed by atoms with van der Waals surface area (Å²) in [6.07, 6.45) is 8.38. The summed E-state index contributed by atoms with van der Waals surface area (Å²) in [7, 11) is 4.35. The van der Waals surface area contributed by atoms with Gasteiger partial charge in [0.05, 0.1) is 5.52 Å². The van der Waals surface area contributed by atoms with E-state index in [1.165, 1.54) is 25.7 Å². The summed E-state index contributed by atoms with van der Waals surface area (Å²) in [6, 6.07) is 13.3. The van der Waals surface area contributed by atoms with Crippen LogP contribution in [-0.4, -0.2) is 46.0 Å². The van der Waals surface area contributed by atoms with Gasteiger partial charge in [-0.2, -0.15) is 0 Å². The number of rotatable bonds is 4. The number of anilines is 1. The minimum Gasteiger partial charge on any atom is -0.367 e. The Labute approximate surface area is 154 Å². The minimum absolute atomic E-state index is 0.464. The number of para-hydroxylation sites is 1. The van der Waals surface area contributed by atoms with Gasteiger partial charge in [-0.05, 0) is 64.0 Å². The molecule has 3 aromatic rings.